The van der Waals surface area contributed by atoms with E-state index in [9.17, 15) is 0 Å². The second-order valence-corrected chi connectivity index (χ2v) is 4.21. The molecule has 2 atom stereocenters. The van der Waals surface area contributed by atoms with Crippen molar-refractivity contribution in [3.05, 3.63) is 29.3 Å². The zero-order valence-electron chi connectivity index (χ0n) is 10.9. The third-order valence-electron chi connectivity index (χ3n) is 2.63. The van der Waals surface area contributed by atoms with Crippen LogP contribution in [-0.2, 0) is 0 Å². The van der Waals surface area contributed by atoms with Crippen LogP contribution >= 0.6 is 0 Å². The Morgan fingerprint density at radius 3 is 2.71 bits per heavy atom. The lowest BCUT2D eigenvalue weighted by atomic mass is 10.0. The molecule has 0 bridgehead atoms. The minimum Gasteiger partial charge on any atom is -0.476 e. The second kappa shape index (κ2) is 6.27. The Labute approximate surface area is 103 Å². The molecule has 1 N–H and O–H groups in total. The monoisotopic (exact) mass is 232 g/mol. The maximum Gasteiger partial charge on any atom is 0.181 e. The molecule has 17 heavy (non-hydrogen) atoms. The van der Waals surface area contributed by atoms with E-state index in [1.54, 1.807) is 6.92 Å². The molecule has 3 nitrogen and oxygen atoms in total. The van der Waals surface area contributed by atoms with E-state index in [1.807, 2.05) is 13.0 Å². The molecule has 0 saturated carbocycles. The Morgan fingerprint density at radius 1 is 1.41 bits per heavy atom. The highest BCUT2D eigenvalue weighted by atomic mass is 16.5. The van der Waals surface area contributed by atoms with Gasteiger partial charge < -0.3 is 10.1 Å². The van der Waals surface area contributed by atoms with Gasteiger partial charge in [-0.15, -0.1) is 0 Å². The Bertz CT molecular complexity index is 409. The summed E-state index contributed by atoms with van der Waals surface area (Å²) < 4.78 is 5.64. The standard InChI is InChI=1S/C14H20N2O/c1-5-16-12(4)13-7-6-10(2)8-14(13)17-11(3)9-15/h6-8,11-12,16H,5H2,1-4H3. The zero-order valence-corrected chi connectivity index (χ0v) is 10.9. The molecule has 1 aromatic rings. The van der Waals surface area contributed by atoms with E-state index in [1.165, 1.54) is 0 Å². The average Bonchev–Trinajstić information content (AvgIpc) is 2.29. The van der Waals surface area contributed by atoms with Gasteiger partial charge in [-0.2, -0.15) is 5.26 Å². The summed E-state index contributed by atoms with van der Waals surface area (Å²) in [5.41, 5.74) is 2.23. The van der Waals surface area contributed by atoms with Crippen LogP contribution < -0.4 is 10.1 Å². The first-order chi connectivity index (χ1) is 8.08. The molecule has 3 heteroatoms. The van der Waals surface area contributed by atoms with Gasteiger partial charge in [-0.3, -0.25) is 0 Å². The normalized spacial score (nSPS) is 13.8. The lowest BCUT2D eigenvalue weighted by Crippen LogP contribution is -2.19. The van der Waals surface area contributed by atoms with Gasteiger partial charge in [0, 0.05) is 11.6 Å². The molecule has 0 saturated heterocycles. The van der Waals surface area contributed by atoms with E-state index < -0.39 is 6.10 Å². The highest BCUT2D eigenvalue weighted by Gasteiger charge is 2.13. The van der Waals surface area contributed by atoms with Crippen molar-refractivity contribution in [3.63, 3.8) is 0 Å². The summed E-state index contributed by atoms with van der Waals surface area (Å²) in [5, 5.41) is 12.2. The molecular weight excluding hydrogens is 212 g/mol. The molecule has 0 heterocycles. The molecule has 0 radical (unpaired) electrons. The van der Waals surface area contributed by atoms with Crippen molar-refractivity contribution < 1.29 is 4.74 Å². The molecule has 0 aromatic heterocycles. The Morgan fingerprint density at radius 2 is 2.12 bits per heavy atom. The number of rotatable bonds is 5. The summed E-state index contributed by atoms with van der Waals surface area (Å²) in [6.45, 7) is 8.85. The molecule has 1 aromatic carbocycles. The van der Waals surface area contributed by atoms with Crippen LogP contribution in [0.25, 0.3) is 0 Å². The van der Waals surface area contributed by atoms with Gasteiger partial charge in [-0.25, -0.2) is 0 Å². The Balaban J connectivity index is 2.99. The van der Waals surface area contributed by atoms with E-state index >= 15 is 0 Å². The number of ether oxygens (including phenoxy) is 1. The molecule has 0 spiro atoms. The number of hydrogen-bond donors (Lipinski definition) is 1. The summed E-state index contributed by atoms with van der Waals surface area (Å²) in [5.74, 6) is 0.799. The summed E-state index contributed by atoms with van der Waals surface area (Å²) in [4.78, 5) is 0. The lowest BCUT2D eigenvalue weighted by Gasteiger charge is -2.19. The third kappa shape index (κ3) is 3.76. The fourth-order valence-corrected chi connectivity index (χ4v) is 1.73. The second-order valence-electron chi connectivity index (χ2n) is 4.21. The number of nitrogens with zero attached hydrogens (tertiary/aromatic N) is 1. The van der Waals surface area contributed by atoms with Crippen molar-refractivity contribution >= 4 is 0 Å². The largest absolute Gasteiger partial charge is 0.476 e. The van der Waals surface area contributed by atoms with Crippen molar-refractivity contribution in [2.75, 3.05) is 6.54 Å². The van der Waals surface area contributed by atoms with Crippen LogP contribution in [0.1, 0.15) is 37.9 Å². The van der Waals surface area contributed by atoms with Crippen molar-refractivity contribution in [1.82, 2.24) is 5.32 Å². The van der Waals surface area contributed by atoms with E-state index in [0.29, 0.717) is 0 Å². The van der Waals surface area contributed by atoms with E-state index in [-0.39, 0.29) is 6.04 Å². The minimum atomic E-state index is -0.427. The van der Waals surface area contributed by atoms with Crippen LogP contribution in [0.15, 0.2) is 18.2 Å². The van der Waals surface area contributed by atoms with Crippen LogP contribution in [0.2, 0.25) is 0 Å². The van der Waals surface area contributed by atoms with Gasteiger partial charge in [0.1, 0.15) is 11.8 Å². The van der Waals surface area contributed by atoms with E-state index in [0.717, 1.165) is 23.4 Å². The molecule has 0 aliphatic rings. The highest BCUT2D eigenvalue weighted by Crippen LogP contribution is 2.27. The molecule has 0 fully saturated rings. The topological polar surface area (TPSA) is 45.0 Å². The predicted octanol–water partition coefficient (Wildman–Crippen LogP) is 2.96. The first-order valence-electron chi connectivity index (χ1n) is 5.98. The van der Waals surface area contributed by atoms with Gasteiger partial charge in [0.05, 0.1) is 0 Å². The van der Waals surface area contributed by atoms with E-state index in [4.69, 9.17) is 10.00 Å². The van der Waals surface area contributed by atoms with Crippen LogP contribution in [0.5, 0.6) is 5.75 Å². The number of aryl methyl sites for hydroxylation is 1. The van der Waals surface area contributed by atoms with Crippen LogP contribution in [0.4, 0.5) is 0 Å². The van der Waals surface area contributed by atoms with Gasteiger partial charge in [0.15, 0.2) is 6.10 Å². The van der Waals surface area contributed by atoms with Crippen LogP contribution in [0, 0.1) is 18.3 Å². The fraction of sp³-hybridized carbons (Fsp3) is 0.500. The Kier molecular flexibility index (Phi) is 4.99. The van der Waals surface area contributed by atoms with Gasteiger partial charge in [0.2, 0.25) is 0 Å². The minimum absolute atomic E-state index is 0.224. The summed E-state index contributed by atoms with van der Waals surface area (Å²) in [7, 11) is 0. The zero-order chi connectivity index (χ0) is 12.8. The average molecular weight is 232 g/mol. The van der Waals surface area contributed by atoms with Crippen LogP contribution in [0.3, 0.4) is 0 Å². The lowest BCUT2D eigenvalue weighted by molar-refractivity contribution is 0.271. The Hall–Kier alpha value is -1.53. The number of nitriles is 1. The number of nitrogens with one attached hydrogen (secondary N) is 1. The molecule has 2 unspecified atom stereocenters. The highest BCUT2D eigenvalue weighted by molar-refractivity contribution is 5.39. The molecule has 0 aliphatic carbocycles. The van der Waals surface area contributed by atoms with Crippen molar-refractivity contribution in [2.24, 2.45) is 0 Å². The molecule has 0 aliphatic heterocycles. The van der Waals surface area contributed by atoms with Crippen LogP contribution in [-0.4, -0.2) is 12.6 Å². The smallest absolute Gasteiger partial charge is 0.181 e. The number of benzene rings is 1. The number of hydrogen-bond acceptors (Lipinski definition) is 3. The third-order valence-corrected chi connectivity index (χ3v) is 2.63. The predicted molar refractivity (Wildman–Crippen MR) is 69.0 cm³/mol. The van der Waals surface area contributed by atoms with Crippen molar-refractivity contribution in [2.45, 2.75) is 39.8 Å². The maximum atomic E-state index is 8.81. The SMILES string of the molecule is CCNC(C)c1ccc(C)cc1OC(C)C#N. The van der Waals surface area contributed by atoms with Crippen molar-refractivity contribution in [1.29, 1.82) is 5.26 Å². The van der Waals surface area contributed by atoms with Gasteiger partial charge in [-0.05, 0) is 38.9 Å². The molecule has 1 rings (SSSR count). The maximum absolute atomic E-state index is 8.81. The van der Waals surface area contributed by atoms with Gasteiger partial charge in [0.25, 0.3) is 0 Å². The quantitative estimate of drug-likeness (QED) is 0.849. The molecule has 0 amide bonds. The first-order valence-corrected chi connectivity index (χ1v) is 5.98. The first kappa shape index (κ1) is 13.5. The summed E-state index contributed by atoms with van der Waals surface area (Å²) in [6, 6.07) is 8.42. The van der Waals surface area contributed by atoms with Crippen molar-refractivity contribution in [3.8, 4) is 11.8 Å². The molecular formula is C14H20N2O. The summed E-state index contributed by atoms with van der Waals surface area (Å²) >= 11 is 0. The van der Waals surface area contributed by atoms with Gasteiger partial charge >= 0.3 is 0 Å². The molecule has 92 valence electrons. The fourth-order valence-electron chi connectivity index (χ4n) is 1.73. The summed E-state index contributed by atoms with van der Waals surface area (Å²) in [6.07, 6.45) is -0.427. The van der Waals surface area contributed by atoms with E-state index in [2.05, 4.69) is 37.4 Å². The van der Waals surface area contributed by atoms with Gasteiger partial charge in [-0.1, -0.05) is 19.1 Å².